The molecule has 1 heterocycles. The molecule has 0 aromatic heterocycles. The second kappa shape index (κ2) is 6.46. The second-order valence-electron chi connectivity index (χ2n) is 7.51. The average molecular weight is 280 g/mol. The maximum Gasteiger partial charge on any atom is 0.226 e. The Morgan fingerprint density at radius 1 is 1.30 bits per heavy atom. The van der Waals surface area contributed by atoms with Crippen molar-refractivity contribution >= 4 is 5.91 Å². The molecule has 20 heavy (non-hydrogen) atoms. The first-order chi connectivity index (χ1) is 9.49. The van der Waals surface area contributed by atoms with E-state index in [4.69, 9.17) is 5.73 Å². The maximum absolute atomic E-state index is 13.0. The zero-order valence-corrected chi connectivity index (χ0v) is 13.5. The van der Waals surface area contributed by atoms with Gasteiger partial charge in [-0.05, 0) is 37.0 Å². The smallest absolute Gasteiger partial charge is 0.226 e. The highest BCUT2D eigenvalue weighted by Crippen LogP contribution is 2.42. The molecule has 0 aromatic rings. The zero-order chi connectivity index (χ0) is 14.8. The van der Waals surface area contributed by atoms with Crippen LogP contribution in [0.1, 0.15) is 65.7 Å². The van der Waals surface area contributed by atoms with Gasteiger partial charge >= 0.3 is 0 Å². The van der Waals surface area contributed by atoms with Crippen molar-refractivity contribution < 1.29 is 4.79 Å². The Kier molecular flexibility index (Phi) is 5.11. The summed E-state index contributed by atoms with van der Waals surface area (Å²) >= 11 is 0. The molecule has 3 atom stereocenters. The van der Waals surface area contributed by atoms with E-state index in [1.54, 1.807) is 0 Å². The molecule has 0 radical (unpaired) electrons. The van der Waals surface area contributed by atoms with Crippen molar-refractivity contribution in [3.8, 4) is 0 Å². The molecule has 1 aliphatic heterocycles. The van der Waals surface area contributed by atoms with E-state index in [-0.39, 0.29) is 17.4 Å². The summed E-state index contributed by atoms with van der Waals surface area (Å²) in [6, 6.07) is 0.277. The number of hydrogen-bond donors (Lipinski definition) is 1. The molecule has 2 aliphatic rings. The normalized spacial score (nSPS) is 34.0. The minimum absolute atomic E-state index is 0.163. The molecule has 2 N–H and O–H groups in total. The van der Waals surface area contributed by atoms with Crippen LogP contribution in [0, 0.1) is 17.3 Å². The van der Waals surface area contributed by atoms with Gasteiger partial charge in [-0.1, -0.05) is 40.0 Å². The standard InChI is InChI=1S/C17H32N2O/c1-4-13-8-10-19(14(11-13)12-18)16(20)15-7-5-6-9-17(15,2)3/h13-15H,4-12,18H2,1-3H3. The van der Waals surface area contributed by atoms with Crippen molar-refractivity contribution in [2.24, 2.45) is 23.0 Å². The van der Waals surface area contributed by atoms with Crippen molar-refractivity contribution in [2.75, 3.05) is 13.1 Å². The van der Waals surface area contributed by atoms with Gasteiger partial charge in [-0.2, -0.15) is 0 Å². The average Bonchev–Trinajstić information content (AvgIpc) is 2.45. The fourth-order valence-electron chi connectivity index (χ4n) is 4.17. The van der Waals surface area contributed by atoms with E-state index < -0.39 is 0 Å². The summed E-state index contributed by atoms with van der Waals surface area (Å²) in [6.45, 7) is 8.33. The van der Waals surface area contributed by atoms with Gasteiger partial charge < -0.3 is 10.6 Å². The summed E-state index contributed by atoms with van der Waals surface area (Å²) in [5.74, 6) is 1.36. The maximum atomic E-state index is 13.0. The van der Waals surface area contributed by atoms with Gasteiger partial charge in [0.05, 0.1) is 0 Å². The van der Waals surface area contributed by atoms with Crippen LogP contribution in [0.2, 0.25) is 0 Å². The van der Waals surface area contributed by atoms with Gasteiger partial charge in [0.1, 0.15) is 0 Å². The molecule has 3 heteroatoms. The van der Waals surface area contributed by atoms with E-state index in [1.807, 2.05) is 0 Å². The van der Waals surface area contributed by atoms with Crippen LogP contribution in [0.5, 0.6) is 0 Å². The summed E-state index contributed by atoms with van der Waals surface area (Å²) in [4.78, 5) is 15.1. The first-order valence-electron chi connectivity index (χ1n) is 8.50. The lowest BCUT2D eigenvalue weighted by Crippen LogP contribution is -2.53. The number of amides is 1. The highest BCUT2D eigenvalue weighted by Gasteiger charge is 2.41. The highest BCUT2D eigenvalue weighted by molar-refractivity contribution is 5.80. The van der Waals surface area contributed by atoms with E-state index in [9.17, 15) is 4.79 Å². The van der Waals surface area contributed by atoms with E-state index in [0.717, 1.165) is 31.7 Å². The minimum atomic E-state index is 0.163. The minimum Gasteiger partial charge on any atom is -0.338 e. The van der Waals surface area contributed by atoms with Gasteiger partial charge in [0.15, 0.2) is 0 Å². The lowest BCUT2D eigenvalue weighted by atomic mass is 9.68. The lowest BCUT2D eigenvalue weighted by molar-refractivity contribution is -0.145. The monoisotopic (exact) mass is 280 g/mol. The van der Waals surface area contributed by atoms with Crippen molar-refractivity contribution in [2.45, 2.75) is 71.8 Å². The van der Waals surface area contributed by atoms with E-state index in [1.165, 1.54) is 25.7 Å². The number of piperidine rings is 1. The molecule has 0 bridgehead atoms. The number of carbonyl (C=O) groups is 1. The first kappa shape index (κ1) is 15.8. The highest BCUT2D eigenvalue weighted by atomic mass is 16.2. The molecule has 1 aliphatic carbocycles. The number of carbonyl (C=O) groups excluding carboxylic acids is 1. The molecule has 3 unspecified atom stereocenters. The Hall–Kier alpha value is -0.570. The Morgan fingerprint density at radius 3 is 2.65 bits per heavy atom. The Bertz CT molecular complexity index is 340. The Morgan fingerprint density at radius 2 is 2.05 bits per heavy atom. The van der Waals surface area contributed by atoms with Crippen molar-refractivity contribution in [3.05, 3.63) is 0 Å². The van der Waals surface area contributed by atoms with Crippen LogP contribution in [0.25, 0.3) is 0 Å². The SMILES string of the molecule is CCC1CCN(C(=O)C2CCCCC2(C)C)C(CN)C1. The van der Waals surface area contributed by atoms with Crippen LogP contribution < -0.4 is 5.73 Å². The third-order valence-corrected chi connectivity index (χ3v) is 5.76. The Labute approximate surface area is 124 Å². The van der Waals surface area contributed by atoms with E-state index in [0.29, 0.717) is 12.5 Å². The van der Waals surface area contributed by atoms with Crippen molar-refractivity contribution in [3.63, 3.8) is 0 Å². The van der Waals surface area contributed by atoms with Crippen LogP contribution in [0.15, 0.2) is 0 Å². The third kappa shape index (κ3) is 3.19. The fourth-order valence-corrected chi connectivity index (χ4v) is 4.17. The predicted octanol–water partition coefficient (Wildman–Crippen LogP) is 3.18. The Balaban J connectivity index is 2.07. The van der Waals surface area contributed by atoms with Crippen molar-refractivity contribution in [1.82, 2.24) is 4.90 Å². The van der Waals surface area contributed by atoms with E-state index >= 15 is 0 Å². The number of nitrogens with two attached hydrogens (primary N) is 1. The molecule has 1 saturated carbocycles. The van der Waals surface area contributed by atoms with Crippen LogP contribution in [0.3, 0.4) is 0 Å². The summed E-state index contributed by atoms with van der Waals surface area (Å²) in [7, 11) is 0. The topological polar surface area (TPSA) is 46.3 Å². The van der Waals surface area contributed by atoms with Gasteiger partial charge in [0.2, 0.25) is 5.91 Å². The second-order valence-corrected chi connectivity index (χ2v) is 7.51. The first-order valence-corrected chi connectivity index (χ1v) is 8.50. The summed E-state index contributed by atoms with van der Waals surface area (Å²) < 4.78 is 0. The number of rotatable bonds is 3. The third-order valence-electron chi connectivity index (χ3n) is 5.76. The number of hydrogen-bond acceptors (Lipinski definition) is 2. The largest absolute Gasteiger partial charge is 0.338 e. The summed E-state index contributed by atoms with van der Waals surface area (Å²) in [5, 5.41) is 0. The molecular formula is C17H32N2O. The predicted molar refractivity (Wildman–Crippen MR) is 83.3 cm³/mol. The zero-order valence-electron chi connectivity index (χ0n) is 13.5. The lowest BCUT2D eigenvalue weighted by Gasteiger charge is -2.45. The van der Waals surface area contributed by atoms with Gasteiger partial charge in [-0.25, -0.2) is 0 Å². The molecule has 0 spiro atoms. The fraction of sp³-hybridized carbons (Fsp3) is 0.941. The van der Waals surface area contributed by atoms with Gasteiger partial charge in [-0.3, -0.25) is 4.79 Å². The van der Waals surface area contributed by atoms with Crippen LogP contribution in [-0.4, -0.2) is 29.9 Å². The van der Waals surface area contributed by atoms with Crippen LogP contribution >= 0.6 is 0 Å². The van der Waals surface area contributed by atoms with Gasteiger partial charge in [0.25, 0.3) is 0 Å². The van der Waals surface area contributed by atoms with E-state index in [2.05, 4.69) is 25.7 Å². The quantitative estimate of drug-likeness (QED) is 0.863. The molecule has 2 rings (SSSR count). The summed E-state index contributed by atoms with van der Waals surface area (Å²) in [6.07, 6.45) is 8.21. The molecule has 2 fully saturated rings. The molecule has 0 aromatic carbocycles. The summed E-state index contributed by atoms with van der Waals surface area (Å²) in [5.41, 5.74) is 6.11. The molecule has 1 saturated heterocycles. The van der Waals surface area contributed by atoms with Crippen molar-refractivity contribution in [1.29, 1.82) is 0 Å². The molecule has 116 valence electrons. The van der Waals surface area contributed by atoms with Crippen LogP contribution in [-0.2, 0) is 4.79 Å². The molecular weight excluding hydrogens is 248 g/mol. The van der Waals surface area contributed by atoms with Gasteiger partial charge in [0, 0.05) is 25.0 Å². The molecule has 3 nitrogen and oxygen atoms in total. The molecule has 1 amide bonds. The number of likely N-dealkylation sites (tertiary alicyclic amines) is 1. The van der Waals surface area contributed by atoms with Crippen LogP contribution in [0.4, 0.5) is 0 Å². The number of nitrogens with zero attached hydrogens (tertiary/aromatic N) is 1. The van der Waals surface area contributed by atoms with Gasteiger partial charge in [-0.15, -0.1) is 0 Å².